The molecule has 0 aromatic heterocycles. The lowest BCUT2D eigenvalue weighted by Crippen LogP contribution is -2.55. The number of hydrogen-bond acceptors (Lipinski definition) is 15. The van der Waals surface area contributed by atoms with Gasteiger partial charge in [0.05, 0.1) is 36.9 Å². The number of Topliss-reactive ketones (excluding diaryl/α,β-unsaturated/α-hetero) is 1. The van der Waals surface area contributed by atoms with Crippen molar-refractivity contribution in [2.75, 3.05) is 13.2 Å². The molecule has 1 unspecified atom stereocenters. The smallest absolute Gasteiger partial charge is 0.462 e. The van der Waals surface area contributed by atoms with Crippen LogP contribution in [-0.2, 0) is 37.5 Å². The van der Waals surface area contributed by atoms with Gasteiger partial charge in [-0.2, -0.15) is 0 Å². The van der Waals surface area contributed by atoms with Crippen LogP contribution in [0.5, 0.6) is 0 Å². The molecule has 0 amide bonds. The Morgan fingerprint density at radius 2 is 1.53 bits per heavy atom. The lowest BCUT2D eigenvalue weighted by atomic mass is 9.83. The van der Waals surface area contributed by atoms with Crippen LogP contribution >= 0.6 is 7.82 Å². The number of unbranched alkanes of at least 4 members (excludes halogenated alkanes) is 8. The molecule has 1 aliphatic heterocycles. The number of ether oxygens (including phenoxy) is 2. The highest BCUT2D eigenvalue weighted by atomic mass is 31.2. The largest absolute Gasteiger partial charge is 0.472 e. The van der Waals surface area contributed by atoms with Gasteiger partial charge >= 0.3 is 19.8 Å². The average Bonchev–Trinajstić information content (AvgIpc) is 3.23. The normalized spacial score (nSPS) is 32.6. The SMILES string of the molecule is CCC/C=C\C/C=C\CCCCCCCC(=O)O[C@@H]1COC(=O)CCC/C=C\C[C@@H]2[C@@H](O)[C@H](O)[C@@H](O)[C@H](OP(=O)(O)OC1)[C@H](O)[C@H](O)[C@@H](/C=C/[C@@H](O)CCCCC)C(=O)C[C@@H]2O. The monoisotopic (exact) mass is 902 g/mol. The second kappa shape index (κ2) is 31.3. The molecule has 0 radical (unpaired) electrons. The summed E-state index contributed by atoms with van der Waals surface area (Å²) in [6.07, 6.45) is 6.99. The van der Waals surface area contributed by atoms with Gasteiger partial charge in [0.15, 0.2) is 6.10 Å². The maximum Gasteiger partial charge on any atom is 0.472 e. The second-order valence-electron chi connectivity index (χ2n) is 16.3. The molecule has 1 heterocycles. The quantitative estimate of drug-likeness (QED) is 0.0368. The zero-order chi connectivity index (χ0) is 45.9. The van der Waals surface area contributed by atoms with Gasteiger partial charge in [0.1, 0.15) is 36.8 Å². The molecule has 1 fully saturated rings. The van der Waals surface area contributed by atoms with E-state index in [2.05, 4.69) is 31.2 Å². The van der Waals surface area contributed by atoms with Crippen LogP contribution in [0.3, 0.4) is 0 Å². The molecule has 0 aromatic rings. The van der Waals surface area contributed by atoms with E-state index < -0.39 is 112 Å². The van der Waals surface area contributed by atoms with Gasteiger partial charge in [-0.1, -0.05) is 107 Å². The van der Waals surface area contributed by atoms with Gasteiger partial charge in [0.25, 0.3) is 0 Å². The van der Waals surface area contributed by atoms with E-state index in [0.29, 0.717) is 32.1 Å². The van der Waals surface area contributed by atoms with Crippen molar-refractivity contribution in [2.45, 2.75) is 191 Å². The second-order valence-corrected chi connectivity index (χ2v) is 17.7. The van der Waals surface area contributed by atoms with Gasteiger partial charge in [0.2, 0.25) is 0 Å². The molecule has 62 heavy (non-hydrogen) atoms. The molecule has 356 valence electrons. The standard InChI is InChI=1S/C45H75O16P/c1-3-5-7-8-9-10-11-12-13-14-15-16-22-26-39(50)60-33-30-58-38(49)25-21-18-17-20-24-34-36(47)29-37(48)35(28-27-32(46)23-19-6-4-2)41(52)43(54)45(44(55)42(53)40(34)51)61-62(56,57)59-31-33/h7-8,10-11,17,20,27-28,32-36,40-47,51-55H,3-6,9,12-16,18-19,21-26,29-31H2,1-2H3,(H,56,57)/b8-7-,11-10-,20-17-,28-27+/t32-,33+,34-,35-,36-,40+,41+,42-,43+,44+,45+/m0/s1. The Hall–Kier alpha value is -2.60. The lowest BCUT2D eigenvalue weighted by molar-refractivity contribution is -0.166. The fourth-order valence-electron chi connectivity index (χ4n) is 7.21. The molecular formula is C45H75O16P. The Labute approximate surface area is 367 Å². The highest BCUT2D eigenvalue weighted by molar-refractivity contribution is 7.47. The molecule has 17 heteroatoms. The number of hydrogen-bond donors (Lipinski definition) is 8. The summed E-state index contributed by atoms with van der Waals surface area (Å²) >= 11 is 0. The van der Waals surface area contributed by atoms with Crippen molar-refractivity contribution in [3.63, 3.8) is 0 Å². The van der Waals surface area contributed by atoms with Crippen LogP contribution in [-0.4, -0.2) is 127 Å². The van der Waals surface area contributed by atoms with Gasteiger partial charge in [-0.15, -0.1) is 0 Å². The van der Waals surface area contributed by atoms with E-state index in [9.17, 15) is 59.6 Å². The molecule has 0 saturated heterocycles. The first kappa shape index (κ1) is 55.5. The maximum absolute atomic E-state index is 13.7. The van der Waals surface area contributed by atoms with Crippen molar-refractivity contribution in [1.82, 2.24) is 0 Å². The highest BCUT2D eigenvalue weighted by Crippen LogP contribution is 2.47. The Morgan fingerprint density at radius 3 is 2.26 bits per heavy atom. The lowest BCUT2D eigenvalue weighted by Gasteiger charge is -2.36. The summed E-state index contributed by atoms with van der Waals surface area (Å²) in [6, 6.07) is 0. The highest BCUT2D eigenvalue weighted by Gasteiger charge is 2.49. The molecule has 12 atom stereocenters. The van der Waals surface area contributed by atoms with E-state index in [1.54, 1.807) is 12.2 Å². The summed E-state index contributed by atoms with van der Waals surface area (Å²) in [4.78, 5) is 50.0. The van der Waals surface area contributed by atoms with Crippen molar-refractivity contribution < 1.29 is 78.1 Å². The molecule has 1 aliphatic carbocycles. The van der Waals surface area contributed by atoms with E-state index in [0.717, 1.165) is 70.3 Å². The van der Waals surface area contributed by atoms with Crippen molar-refractivity contribution in [3.8, 4) is 0 Å². The number of fused-ring (bicyclic) bond motifs is 4. The summed E-state index contributed by atoms with van der Waals surface area (Å²) in [5, 5.41) is 78.4. The third kappa shape index (κ3) is 21.9. The number of aliphatic hydroxyl groups excluding tert-OH is 7. The third-order valence-corrected chi connectivity index (χ3v) is 12.0. The van der Waals surface area contributed by atoms with Crippen molar-refractivity contribution in [3.05, 3.63) is 48.6 Å². The van der Waals surface area contributed by atoms with E-state index >= 15 is 0 Å². The van der Waals surface area contributed by atoms with Gasteiger partial charge in [-0.05, 0) is 57.8 Å². The van der Waals surface area contributed by atoms with Crippen molar-refractivity contribution >= 4 is 25.5 Å². The van der Waals surface area contributed by atoms with Crippen LogP contribution < -0.4 is 0 Å². The predicted octanol–water partition coefficient (Wildman–Crippen LogP) is 4.98. The number of allylic oxidation sites excluding steroid dienone is 6. The Bertz CT molecular complexity index is 1450. The fraction of sp³-hybridized carbons (Fsp3) is 0.756. The van der Waals surface area contributed by atoms with Gasteiger partial charge < -0.3 is 50.1 Å². The van der Waals surface area contributed by atoms with Crippen molar-refractivity contribution in [2.24, 2.45) is 11.8 Å². The number of carbonyl (C=O) groups is 3. The Kier molecular flexibility index (Phi) is 28.0. The number of esters is 2. The minimum atomic E-state index is -5.47. The van der Waals surface area contributed by atoms with Crippen LogP contribution in [0.2, 0.25) is 0 Å². The molecule has 2 aliphatic rings. The van der Waals surface area contributed by atoms with Crippen LogP contribution in [0.1, 0.15) is 136 Å². The fourth-order valence-corrected chi connectivity index (χ4v) is 8.18. The minimum Gasteiger partial charge on any atom is -0.462 e. The molecular weight excluding hydrogens is 827 g/mol. The summed E-state index contributed by atoms with van der Waals surface area (Å²) in [5.41, 5.74) is 0. The number of aliphatic hydroxyl groups is 7. The minimum absolute atomic E-state index is 0.00637. The molecule has 2 rings (SSSR count). The number of phosphoric acid groups is 1. The molecule has 0 spiro atoms. The summed E-state index contributed by atoms with van der Waals surface area (Å²) in [7, 11) is -5.47. The summed E-state index contributed by atoms with van der Waals surface area (Å²) < 4.78 is 34.6. The van der Waals surface area contributed by atoms with Crippen LogP contribution in [0.15, 0.2) is 48.6 Å². The number of carbonyl (C=O) groups excluding carboxylic acids is 3. The third-order valence-electron chi connectivity index (χ3n) is 11.0. The number of phosphoric ester groups is 1. The number of ketones is 1. The molecule has 0 aromatic carbocycles. The number of rotatable bonds is 19. The topological polar surface area (TPSA) is 267 Å². The van der Waals surface area contributed by atoms with Crippen LogP contribution in [0.4, 0.5) is 0 Å². The molecule has 16 nitrogen and oxygen atoms in total. The Morgan fingerprint density at radius 1 is 0.839 bits per heavy atom. The first-order valence-electron chi connectivity index (χ1n) is 22.5. The van der Waals surface area contributed by atoms with E-state index in [4.69, 9.17) is 18.5 Å². The van der Waals surface area contributed by atoms with Crippen molar-refractivity contribution in [1.29, 1.82) is 0 Å². The van der Waals surface area contributed by atoms with Crippen LogP contribution in [0, 0.1) is 11.8 Å². The molecule has 2 bridgehead atoms. The summed E-state index contributed by atoms with van der Waals surface area (Å²) in [6.45, 7) is 2.69. The molecule has 8 N–H and O–H groups in total. The summed E-state index contributed by atoms with van der Waals surface area (Å²) in [5.74, 6) is -5.19. The zero-order valence-electron chi connectivity index (χ0n) is 36.6. The first-order valence-corrected chi connectivity index (χ1v) is 24.0. The predicted molar refractivity (Wildman–Crippen MR) is 231 cm³/mol. The average molecular weight is 903 g/mol. The van der Waals surface area contributed by atoms with Crippen LogP contribution in [0.25, 0.3) is 0 Å². The maximum atomic E-state index is 13.7. The van der Waals surface area contributed by atoms with E-state index in [1.807, 2.05) is 6.92 Å². The Balaban J connectivity index is 2.28. The first-order chi connectivity index (χ1) is 29.6. The molecule has 1 saturated carbocycles. The number of cyclic esters (lactones) is 1. The van der Waals surface area contributed by atoms with E-state index in [-0.39, 0.29) is 19.3 Å². The zero-order valence-corrected chi connectivity index (χ0v) is 37.5. The van der Waals surface area contributed by atoms with Gasteiger partial charge in [-0.3, -0.25) is 23.4 Å². The van der Waals surface area contributed by atoms with Gasteiger partial charge in [-0.25, -0.2) is 4.57 Å². The van der Waals surface area contributed by atoms with E-state index in [1.165, 1.54) is 6.08 Å². The van der Waals surface area contributed by atoms with Gasteiger partial charge in [0, 0.05) is 25.2 Å².